The van der Waals surface area contributed by atoms with E-state index in [-0.39, 0.29) is 21.8 Å². The lowest BCUT2D eigenvalue weighted by molar-refractivity contribution is 0.129. The lowest BCUT2D eigenvalue weighted by Crippen LogP contribution is -2.45. The van der Waals surface area contributed by atoms with Gasteiger partial charge in [-0.2, -0.15) is 0 Å². The molecule has 1 saturated heterocycles. The van der Waals surface area contributed by atoms with Gasteiger partial charge in [0.1, 0.15) is 0 Å². The molecule has 1 aliphatic heterocycles. The summed E-state index contributed by atoms with van der Waals surface area (Å²) in [5, 5.41) is 0. The minimum atomic E-state index is -3.83. The molecule has 1 aliphatic carbocycles. The summed E-state index contributed by atoms with van der Waals surface area (Å²) in [7, 11) is -3.83. The number of likely N-dealkylation sites (tertiary alicyclic amines) is 1. The van der Waals surface area contributed by atoms with Crippen molar-refractivity contribution in [3.8, 4) is 0 Å². The van der Waals surface area contributed by atoms with Crippen molar-refractivity contribution in [1.82, 2.24) is 9.62 Å². The zero-order chi connectivity index (χ0) is 17.8. The van der Waals surface area contributed by atoms with Crippen LogP contribution in [0.5, 0.6) is 0 Å². The lowest BCUT2D eigenvalue weighted by atomic mass is 9.65. The third kappa shape index (κ3) is 3.29. The molecule has 1 heterocycles. The fraction of sp³-hybridized carbons (Fsp3) is 0.611. The van der Waals surface area contributed by atoms with Gasteiger partial charge in [-0.3, -0.25) is 0 Å². The first kappa shape index (κ1) is 17.3. The molecular weight excluding hydrogens is 324 g/mol. The average molecular weight is 350 g/mol. The summed E-state index contributed by atoms with van der Waals surface area (Å²) < 4.78 is 27.2. The highest BCUT2D eigenvalue weighted by Gasteiger charge is 2.51. The Labute approximate surface area is 144 Å². The van der Waals surface area contributed by atoms with E-state index in [2.05, 4.69) is 25.5 Å². The van der Waals surface area contributed by atoms with Crippen LogP contribution in [0.2, 0.25) is 0 Å². The Morgan fingerprint density at radius 1 is 1.17 bits per heavy atom. The van der Waals surface area contributed by atoms with Gasteiger partial charge in [0.25, 0.3) is 10.0 Å². The number of nitrogens with zero attached hydrogens (tertiary/aromatic N) is 1. The molecule has 1 aromatic carbocycles. The van der Waals surface area contributed by atoms with Gasteiger partial charge in [-0.1, -0.05) is 38.5 Å². The van der Waals surface area contributed by atoms with Gasteiger partial charge in [0, 0.05) is 12.6 Å². The lowest BCUT2D eigenvalue weighted by Gasteiger charge is -2.39. The number of sulfonamides is 1. The van der Waals surface area contributed by atoms with Crippen molar-refractivity contribution in [3.63, 3.8) is 0 Å². The molecule has 2 amide bonds. The Balaban J connectivity index is 1.77. The summed E-state index contributed by atoms with van der Waals surface area (Å²) in [6.45, 7) is 9.16. The fourth-order valence-corrected chi connectivity index (χ4v) is 5.61. The van der Waals surface area contributed by atoms with E-state index >= 15 is 0 Å². The molecule has 0 spiro atoms. The SMILES string of the molecule is Cc1ccc(S(=O)(=O)NC(=O)N2CC3(C)CC2CC(C)(C)C3)cc1. The Bertz CT molecular complexity index is 755. The second-order valence-corrected chi connectivity index (χ2v) is 10.2. The normalized spacial score (nSPS) is 28.7. The summed E-state index contributed by atoms with van der Waals surface area (Å²) >= 11 is 0. The van der Waals surface area contributed by atoms with Gasteiger partial charge in [0.05, 0.1) is 4.90 Å². The van der Waals surface area contributed by atoms with Crippen LogP contribution in [-0.2, 0) is 10.0 Å². The highest BCUT2D eigenvalue weighted by Crippen LogP contribution is 2.52. The van der Waals surface area contributed by atoms with Gasteiger partial charge >= 0.3 is 6.03 Å². The molecule has 24 heavy (non-hydrogen) atoms. The molecular formula is C18H26N2O3S. The van der Waals surface area contributed by atoms with E-state index in [0.29, 0.717) is 6.54 Å². The Morgan fingerprint density at radius 3 is 2.42 bits per heavy atom. The number of hydrogen-bond donors (Lipinski definition) is 1. The monoisotopic (exact) mass is 350 g/mol. The van der Waals surface area contributed by atoms with Crippen LogP contribution in [-0.4, -0.2) is 31.9 Å². The van der Waals surface area contributed by atoms with Gasteiger partial charge in [0.15, 0.2) is 0 Å². The first-order valence-electron chi connectivity index (χ1n) is 8.40. The second-order valence-electron chi connectivity index (χ2n) is 8.57. The number of urea groups is 1. The van der Waals surface area contributed by atoms with Gasteiger partial charge < -0.3 is 4.90 Å². The smallest absolute Gasteiger partial charge is 0.320 e. The van der Waals surface area contributed by atoms with Crippen LogP contribution in [0.25, 0.3) is 0 Å². The molecule has 0 aromatic heterocycles. The molecule has 3 rings (SSSR count). The van der Waals surface area contributed by atoms with Crippen LogP contribution in [0.3, 0.4) is 0 Å². The van der Waals surface area contributed by atoms with Crippen LogP contribution in [0.4, 0.5) is 4.79 Å². The summed E-state index contributed by atoms with van der Waals surface area (Å²) in [6.07, 6.45) is 2.93. The number of fused-ring (bicyclic) bond motifs is 2. The minimum absolute atomic E-state index is 0.0807. The first-order chi connectivity index (χ1) is 11.0. The second kappa shape index (κ2) is 5.48. The number of carbonyl (C=O) groups is 1. The molecule has 2 fully saturated rings. The fourth-order valence-electron chi connectivity index (χ4n) is 4.65. The van der Waals surface area contributed by atoms with E-state index in [1.807, 2.05) is 6.92 Å². The van der Waals surface area contributed by atoms with Crippen LogP contribution < -0.4 is 4.72 Å². The Kier molecular flexibility index (Phi) is 3.94. The van der Waals surface area contributed by atoms with Crippen LogP contribution in [0.15, 0.2) is 29.2 Å². The standard InChI is InChI=1S/C18H26N2O3S/c1-13-5-7-15(8-6-13)24(22,23)19-16(21)20-12-18(4)10-14(20)9-17(2,3)11-18/h5-8,14H,9-12H2,1-4H3,(H,19,21). The number of rotatable bonds is 2. The van der Waals surface area contributed by atoms with Crippen molar-refractivity contribution in [2.45, 2.75) is 57.9 Å². The van der Waals surface area contributed by atoms with E-state index < -0.39 is 16.1 Å². The van der Waals surface area contributed by atoms with Crippen molar-refractivity contribution in [2.24, 2.45) is 10.8 Å². The topological polar surface area (TPSA) is 66.5 Å². The Hall–Kier alpha value is -1.56. The summed E-state index contributed by atoms with van der Waals surface area (Å²) in [4.78, 5) is 14.5. The summed E-state index contributed by atoms with van der Waals surface area (Å²) in [5.74, 6) is 0. The molecule has 132 valence electrons. The van der Waals surface area contributed by atoms with Crippen molar-refractivity contribution >= 4 is 16.1 Å². The van der Waals surface area contributed by atoms with Crippen LogP contribution in [0, 0.1) is 17.8 Å². The zero-order valence-electron chi connectivity index (χ0n) is 14.8. The maximum absolute atomic E-state index is 12.6. The maximum atomic E-state index is 12.6. The molecule has 1 saturated carbocycles. The van der Waals surface area contributed by atoms with Gasteiger partial charge in [0.2, 0.25) is 0 Å². The Morgan fingerprint density at radius 2 is 1.79 bits per heavy atom. The summed E-state index contributed by atoms with van der Waals surface area (Å²) in [5.41, 5.74) is 1.24. The summed E-state index contributed by atoms with van der Waals surface area (Å²) in [6, 6.07) is 6.13. The largest absolute Gasteiger partial charge is 0.331 e. The molecule has 0 radical (unpaired) electrons. The zero-order valence-corrected chi connectivity index (χ0v) is 15.6. The van der Waals surface area contributed by atoms with Crippen molar-refractivity contribution in [2.75, 3.05) is 6.54 Å². The number of hydrogen-bond acceptors (Lipinski definition) is 3. The predicted octanol–water partition coefficient (Wildman–Crippen LogP) is 3.29. The highest BCUT2D eigenvalue weighted by atomic mass is 32.2. The molecule has 6 heteroatoms. The van der Waals surface area contributed by atoms with Crippen molar-refractivity contribution < 1.29 is 13.2 Å². The molecule has 1 aromatic rings. The van der Waals surface area contributed by atoms with Gasteiger partial charge in [-0.25, -0.2) is 17.9 Å². The number of nitrogens with one attached hydrogen (secondary N) is 1. The number of aryl methyl sites for hydroxylation is 1. The van der Waals surface area contributed by atoms with E-state index in [1.165, 1.54) is 12.1 Å². The first-order valence-corrected chi connectivity index (χ1v) is 9.88. The number of carbonyl (C=O) groups excluding carboxylic acids is 1. The third-order valence-electron chi connectivity index (χ3n) is 5.23. The van der Waals surface area contributed by atoms with Gasteiger partial charge in [-0.15, -0.1) is 0 Å². The van der Waals surface area contributed by atoms with Crippen molar-refractivity contribution in [3.05, 3.63) is 29.8 Å². The van der Waals surface area contributed by atoms with E-state index in [0.717, 1.165) is 24.8 Å². The van der Waals surface area contributed by atoms with Crippen molar-refractivity contribution in [1.29, 1.82) is 0 Å². The molecule has 2 atom stereocenters. The van der Waals surface area contributed by atoms with Crippen LogP contribution >= 0.6 is 0 Å². The molecule has 2 bridgehead atoms. The molecule has 5 nitrogen and oxygen atoms in total. The molecule has 2 unspecified atom stereocenters. The highest BCUT2D eigenvalue weighted by molar-refractivity contribution is 7.90. The number of benzene rings is 1. The van der Waals surface area contributed by atoms with E-state index in [9.17, 15) is 13.2 Å². The van der Waals surface area contributed by atoms with Crippen LogP contribution in [0.1, 0.15) is 45.6 Å². The maximum Gasteiger partial charge on any atom is 0.331 e. The van der Waals surface area contributed by atoms with Gasteiger partial charge in [-0.05, 0) is 49.1 Å². The average Bonchev–Trinajstić information content (AvgIpc) is 2.68. The quantitative estimate of drug-likeness (QED) is 0.890. The molecule has 2 aliphatic rings. The third-order valence-corrected chi connectivity index (χ3v) is 6.56. The van der Waals surface area contributed by atoms with E-state index in [4.69, 9.17) is 0 Å². The number of amides is 2. The molecule has 1 N–H and O–H groups in total. The predicted molar refractivity (Wildman–Crippen MR) is 93.1 cm³/mol. The minimum Gasteiger partial charge on any atom is -0.320 e. The van der Waals surface area contributed by atoms with E-state index in [1.54, 1.807) is 17.0 Å².